The van der Waals surface area contributed by atoms with Crippen molar-refractivity contribution < 1.29 is 27.8 Å². The van der Waals surface area contributed by atoms with E-state index in [2.05, 4.69) is 35.5 Å². The second-order valence-corrected chi connectivity index (χ2v) is 16.3. The van der Waals surface area contributed by atoms with E-state index in [0.29, 0.717) is 6.54 Å². The summed E-state index contributed by atoms with van der Waals surface area (Å²) >= 11 is 0. The Hall–Kier alpha value is -4.94. The Balaban J connectivity index is 1.15. The van der Waals surface area contributed by atoms with E-state index in [1.54, 1.807) is 24.3 Å². The molecule has 6 rings (SSSR count). The van der Waals surface area contributed by atoms with Crippen molar-refractivity contribution in [3.8, 4) is 11.1 Å². The van der Waals surface area contributed by atoms with Gasteiger partial charge in [0.2, 0.25) is 15.9 Å². The standard InChI is InChI=1S/C46H51N3O6S/c1-5-26-49(4)30-43-33(3)44(38-18-16-35(31-50)17-19-38)55-46(54-43)39-22-20-37(21-23-39)40-13-9-12-36(27-40)29-47-45(51)42(28-34-10-7-6-8-11-34)48-56(52,53)41-24-14-32(2)15-25-41/h5-25,27,33,42-44,46,48,50H,1,26,28-31H2,2-4H3,(H,47,51). The second-order valence-electron chi connectivity index (χ2n) is 14.5. The number of ether oxygens (including phenoxy) is 2. The summed E-state index contributed by atoms with van der Waals surface area (Å²) in [7, 11) is -1.90. The monoisotopic (exact) mass is 773 g/mol. The smallest absolute Gasteiger partial charge is 0.241 e. The molecule has 1 heterocycles. The predicted octanol–water partition coefficient (Wildman–Crippen LogP) is 7.27. The van der Waals surface area contributed by atoms with Crippen LogP contribution >= 0.6 is 0 Å². The summed E-state index contributed by atoms with van der Waals surface area (Å²) in [4.78, 5) is 15.9. The van der Waals surface area contributed by atoms with Gasteiger partial charge in [-0.25, -0.2) is 8.42 Å². The Bertz CT molecular complexity index is 2160. The Labute approximate surface area is 331 Å². The number of nitrogens with zero attached hydrogens (tertiary/aromatic N) is 1. The van der Waals surface area contributed by atoms with Crippen LogP contribution in [0, 0.1) is 12.8 Å². The van der Waals surface area contributed by atoms with Gasteiger partial charge in [-0.05, 0) is 72.0 Å². The molecule has 0 spiro atoms. The third-order valence-corrected chi connectivity index (χ3v) is 11.7. The fourth-order valence-electron chi connectivity index (χ4n) is 6.95. The van der Waals surface area contributed by atoms with E-state index in [-0.39, 0.29) is 42.6 Å². The number of benzene rings is 5. The van der Waals surface area contributed by atoms with E-state index in [1.165, 1.54) is 0 Å². The third kappa shape index (κ3) is 10.5. The maximum Gasteiger partial charge on any atom is 0.241 e. The highest BCUT2D eigenvalue weighted by Gasteiger charge is 2.38. The van der Waals surface area contributed by atoms with Crippen LogP contribution in [0.15, 0.2) is 145 Å². The fourth-order valence-corrected chi connectivity index (χ4v) is 8.14. The molecule has 10 heteroatoms. The van der Waals surface area contributed by atoms with Crippen molar-refractivity contribution in [2.24, 2.45) is 5.92 Å². The summed E-state index contributed by atoms with van der Waals surface area (Å²) in [6.45, 7) is 9.58. The highest BCUT2D eigenvalue weighted by Crippen LogP contribution is 2.42. The maximum absolute atomic E-state index is 13.6. The van der Waals surface area contributed by atoms with Gasteiger partial charge in [0.1, 0.15) is 6.04 Å². The number of carbonyl (C=O) groups is 1. The number of amides is 1. The summed E-state index contributed by atoms with van der Waals surface area (Å²) < 4.78 is 42.6. The summed E-state index contributed by atoms with van der Waals surface area (Å²) in [5.41, 5.74) is 7.38. The lowest BCUT2D eigenvalue weighted by Gasteiger charge is -2.42. The van der Waals surface area contributed by atoms with Crippen LogP contribution in [-0.2, 0) is 43.9 Å². The van der Waals surface area contributed by atoms with Crippen LogP contribution in [0.5, 0.6) is 0 Å². The first-order valence-electron chi connectivity index (χ1n) is 18.9. The average molecular weight is 774 g/mol. The maximum atomic E-state index is 13.6. The van der Waals surface area contributed by atoms with Gasteiger partial charge >= 0.3 is 0 Å². The van der Waals surface area contributed by atoms with Gasteiger partial charge in [-0.3, -0.25) is 4.79 Å². The van der Waals surface area contributed by atoms with Gasteiger partial charge in [0.05, 0.1) is 23.7 Å². The molecule has 5 atom stereocenters. The fraction of sp³-hybridized carbons (Fsp3) is 0.283. The minimum Gasteiger partial charge on any atom is -0.392 e. The normalized spacial score (nSPS) is 19.0. The molecule has 0 aliphatic carbocycles. The first kappa shape index (κ1) is 40.7. The van der Waals surface area contributed by atoms with Crippen molar-refractivity contribution in [1.29, 1.82) is 0 Å². The van der Waals surface area contributed by atoms with Crippen LogP contribution in [-0.4, -0.2) is 56.6 Å². The van der Waals surface area contributed by atoms with Crippen molar-refractivity contribution in [2.75, 3.05) is 20.1 Å². The first-order valence-corrected chi connectivity index (χ1v) is 20.4. The van der Waals surface area contributed by atoms with Gasteiger partial charge in [-0.2, -0.15) is 4.72 Å². The Morgan fingerprint density at radius 1 is 0.839 bits per heavy atom. The summed E-state index contributed by atoms with van der Waals surface area (Å²) in [6, 6.07) is 38.8. The number of likely N-dealkylation sites (N-methyl/N-ethyl adjacent to an activating group) is 1. The molecule has 1 aliphatic rings. The number of rotatable bonds is 16. The van der Waals surface area contributed by atoms with E-state index >= 15 is 0 Å². The van der Waals surface area contributed by atoms with E-state index < -0.39 is 28.3 Å². The molecule has 9 nitrogen and oxygen atoms in total. The van der Waals surface area contributed by atoms with Crippen molar-refractivity contribution >= 4 is 15.9 Å². The second kappa shape index (κ2) is 18.8. The molecule has 1 saturated heterocycles. The molecule has 5 aromatic rings. The molecule has 0 radical (unpaired) electrons. The van der Waals surface area contributed by atoms with Crippen molar-refractivity contribution in [3.05, 3.63) is 173 Å². The highest BCUT2D eigenvalue weighted by atomic mass is 32.2. The van der Waals surface area contributed by atoms with Crippen LogP contribution in [0.3, 0.4) is 0 Å². The molecule has 0 bridgehead atoms. The van der Waals surface area contributed by atoms with Crippen LogP contribution in [0.2, 0.25) is 0 Å². The SMILES string of the molecule is C=CCN(C)CC1OC(c2ccc(-c3cccc(CNC(=O)C(Cc4ccccc4)NS(=O)(=O)c4ccc(C)cc4)c3)cc2)OC(c2ccc(CO)cc2)C1C. The zero-order chi connectivity index (χ0) is 39.7. The average Bonchev–Trinajstić information content (AvgIpc) is 3.21. The minimum absolute atomic E-state index is 0.0138. The van der Waals surface area contributed by atoms with Crippen molar-refractivity contribution in [1.82, 2.24) is 14.9 Å². The molecule has 0 aromatic heterocycles. The number of hydrogen-bond donors (Lipinski definition) is 3. The molecule has 5 unspecified atom stereocenters. The van der Waals surface area contributed by atoms with Crippen molar-refractivity contribution in [3.63, 3.8) is 0 Å². The lowest BCUT2D eigenvalue weighted by molar-refractivity contribution is -0.275. The number of aliphatic hydroxyl groups is 1. The molecular weight excluding hydrogens is 723 g/mol. The van der Waals surface area contributed by atoms with Crippen molar-refractivity contribution in [2.45, 2.75) is 62.9 Å². The Morgan fingerprint density at radius 2 is 1.52 bits per heavy atom. The number of hydrogen-bond acceptors (Lipinski definition) is 7. The number of aliphatic hydroxyl groups excluding tert-OH is 1. The molecule has 1 fully saturated rings. The van der Waals surface area contributed by atoms with Crippen LogP contribution in [0.4, 0.5) is 0 Å². The molecule has 1 amide bonds. The summed E-state index contributed by atoms with van der Waals surface area (Å²) in [5.74, 6) is -0.347. The molecule has 5 aromatic carbocycles. The van der Waals surface area contributed by atoms with Crippen LogP contribution in [0.25, 0.3) is 11.1 Å². The van der Waals surface area contributed by atoms with Gasteiger partial charge in [-0.1, -0.05) is 128 Å². The van der Waals surface area contributed by atoms with E-state index in [9.17, 15) is 18.3 Å². The predicted molar refractivity (Wildman–Crippen MR) is 220 cm³/mol. The number of nitrogens with one attached hydrogen (secondary N) is 2. The minimum atomic E-state index is -3.96. The van der Waals surface area contributed by atoms with Gasteiger partial charge in [-0.15, -0.1) is 6.58 Å². The Kier molecular flexibility index (Phi) is 13.7. The molecule has 56 heavy (non-hydrogen) atoms. The lowest BCUT2D eigenvalue weighted by atomic mass is 9.90. The van der Waals surface area contributed by atoms with E-state index in [0.717, 1.165) is 51.1 Å². The summed E-state index contributed by atoms with van der Waals surface area (Å²) in [5, 5.41) is 12.5. The number of aryl methyl sites for hydroxylation is 1. The van der Waals surface area contributed by atoms with Gasteiger partial charge in [0.25, 0.3) is 0 Å². The largest absolute Gasteiger partial charge is 0.392 e. The number of carbonyl (C=O) groups excluding carboxylic acids is 1. The molecule has 3 N–H and O–H groups in total. The number of sulfonamides is 1. The molecule has 292 valence electrons. The lowest BCUT2D eigenvalue weighted by Crippen LogP contribution is -2.47. The first-order chi connectivity index (χ1) is 27.0. The third-order valence-electron chi connectivity index (χ3n) is 10.2. The molecule has 0 saturated carbocycles. The van der Waals surface area contributed by atoms with Crippen LogP contribution < -0.4 is 10.0 Å². The summed E-state index contributed by atoms with van der Waals surface area (Å²) in [6.07, 6.45) is 1.19. The quantitative estimate of drug-likeness (QED) is 0.0904. The zero-order valence-electron chi connectivity index (χ0n) is 32.2. The van der Waals surface area contributed by atoms with Crippen LogP contribution in [0.1, 0.15) is 52.7 Å². The van der Waals surface area contributed by atoms with Gasteiger partial charge in [0.15, 0.2) is 6.29 Å². The highest BCUT2D eigenvalue weighted by molar-refractivity contribution is 7.89. The zero-order valence-corrected chi connectivity index (χ0v) is 33.0. The molecular formula is C46H51N3O6S. The van der Waals surface area contributed by atoms with Gasteiger partial charge < -0.3 is 24.8 Å². The Morgan fingerprint density at radius 3 is 2.20 bits per heavy atom. The topological polar surface area (TPSA) is 117 Å². The van der Waals surface area contributed by atoms with E-state index in [1.807, 2.05) is 116 Å². The van der Waals surface area contributed by atoms with Gasteiger partial charge in [0, 0.05) is 31.1 Å². The van der Waals surface area contributed by atoms with E-state index in [4.69, 9.17) is 9.47 Å². The molecule has 1 aliphatic heterocycles.